The van der Waals surface area contributed by atoms with Crippen LogP contribution in [-0.2, 0) is 25.7 Å². The summed E-state index contributed by atoms with van der Waals surface area (Å²) in [6, 6.07) is 16.6. The summed E-state index contributed by atoms with van der Waals surface area (Å²) < 4.78 is 5.14. The standard InChI is InChI=1S/C22H23ClN2O4/c1-15(16-7-3-2-4-8-16)24-20(26)14-29-22(28)18-11-21(27)25(13-18)12-17-9-5-6-10-19(17)23/h2-10,15,18H,11-14H2,1H3,(H,24,26)/t15-,18-/m1/s1. The van der Waals surface area contributed by atoms with Crippen molar-refractivity contribution in [3.63, 3.8) is 0 Å². The van der Waals surface area contributed by atoms with Crippen LogP contribution in [0.25, 0.3) is 0 Å². The number of ether oxygens (including phenoxy) is 1. The minimum atomic E-state index is -0.579. The molecule has 1 fully saturated rings. The first-order chi connectivity index (χ1) is 13.9. The first-order valence-electron chi connectivity index (χ1n) is 9.46. The molecule has 0 bridgehead atoms. The van der Waals surface area contributed by atoms with Crippen LogP contribution in [0.4, 0.5) is 0 Å². The van der Waals surface area contributed by atoms with Crippen LogP contribution in [-0.4, -0.2) is 35.8 Å². The van der Waals surface area contributed by atoms with Gasteiger partial charge in [0.25, 0.3) is 5.91 Å². The molecule has 2 atom stereocenters. The summed E-state index contributed by atoms with van der Waals surface area (Å²) in [6.07, 6.45) is 0.0747. The summed E-state index contributed by atoms with van der Waals surface area (Å²) in [4.78, 5) is 38.2. The Bertz CT molecular complexity index is 887. The third-order valence-electron chi connectivity index (χ3n) is 4.89. The van der Waals surface area contributed by atoms with Gasteiger partial charge in [-0.05, 0) is 24.1 Å². The highest BCUT2D eigenvalue weighted by Gasteiger charge is 2.35. The van der Waals surface area contributed by atoms with Gasteiger partial charge in [-0.15, -0.1) is 0 Å². The van der Waals surface area contributed by atoms with Crippen LogP contribution in [0.15, 0.2) is 54.6 Å². The average molecular weight is 415 g/mol. The SMILES string of the molecule is C[C@@H](NC(=O)COC(=O)[C@@H]1CC(=O)N(Cc2ccccc2Cl)C1)c1ccccc1. The van der Waals surface area contributed by atoms with E-state index in [0.717, 1.165) is 11.1 Å². The molecule has 2 aromatic rings. The van der Waals surface area contributed by atoms with Crippen LogP contribution in [0.1, 0.15) is 30.5 Å². The van der Waals surface area contributed by atoms with Gasteiger partial charge in [0.2, 0.25) is 5.91 Å². The van der Waals surface area contributed by atoms with Crippen LogP contribution in [0, 0.1) is 5.92 Å². The molecule has 0 saturated carbocycles. The fourth-order valence-electron chi connectivity index (χ4n) is 3.28. The van der Waals surface area contributed by atoms with Gasteiger partial charge in [-0.3, -0.25) is 14.4 Å². The van der Waals surface area contributed by atoms with Crippen LogP contribution in [0.5, 0.6) is 0 Å². The average Bonchev–Trinajstić information content (AvgIpc) is 3.09. The van der Waals surface area contributed by atoms with Crippen molar-refractivity contribution in [3.05, 3.63) is 70.7 Å². The fourth-order valence-corrected chi connectivity index (χ4v) is 3.47. The van der Waals surface area contributed by atoms with Gasteiger partial charge in [-0.2, -0.15) is 0 Å². The minimum Gasteiger partial charge on any atom is -0.455 e. The zero-order valence-electron chi connectivity index (χ0n) is 16.1. The third-order valence-corrected chi connectivity index (χ3v) is 5.26. The van der Waals surface area contributed by atoms with Gasteiger partial charge >= 0.3 is 5.97 Å². The highest BCUT2D eigenvalue weighted by atomic mass is 35.5. The van der Waals surface area contributed by atoms with E-state index in [1.807, 2.05) is 55.5 Å². The molecule has 0 spiro atoms. The smallest absolute Gasteiger partial charge is 0.311 e. The summed E-state index contributed by atoms with van der Waals surface area (Å²) in [5, 5.41) is 3.37. The lowest BCUT2D eigenvalue weighted by Crippen LogP contribution is -2.32. The second kappa shape index (κ2) is 9.56. The molecule has 1 heterocycles. The number of esters is 1. The summed E-state index contributed by atoms with van der Waals surface area (Å²) >= 11 is 6.15. The summed E-state index contributed by atoms with van der Waals surface area (Å²) in [5.41, 5.74) is 1.79. The number of amides is 2. The zero-order valence-corrected chi connectivity index (χ0v) is 16.9. The van der Waals surface area contributed by atoms with E-state index in [0.29, 0.717) is 11.6 Å². The Morgan fingerprint density at radius 3 is 2.59 bits per heavy atom. The number of hydrogen-bond donors (Lipinski definition) is 1. The number of benzene rings is 2. The second-order valence-corrected chi connectivity index (χ2v) is 7.48. The van der Waals surface area contributed by atoms with Crippen molar-refractivity contribution in [1.82, 2.24) is 10.2 Å². The number of halogens is 1. The predicted molar refractivity (Wildman–Crippen MR) is 109 cm³/mol. The molecule has 2 amide bonds. The second-order valence-electron chi connectivity index (χ2n) is 7.07. The Morgan fingerprint density at radius 2 is 1.86 bits per heavy atom. The number of likely N-dealkylation sites (tertiary alicyclic amines) is 1. The van der Waals surface area contributed by atoms with Crippen molar-refractivity contribution in [1.29, 1.82) is 0 Å². The molecule has 1 aliphatic heterocycles. The Balaban J connectivity index is 1.46. The maximum Gasteiger partial charge on any atom is 0.311 e. The van der Waals surface area contributed by atoms with Crippen molar-refractivity contribution in [2.24, 2.45) is 5.92 Å². The van der Waals surface area contributed by atoms with Crippen LogP contribution >= 0.6 is 11.6 Å². The van der Waals surface area contributed by atoms with Crippen molar-refractivity contribution in [2.75, 3.05) is 13.2 Å². The summed E-state index contributed by atoms with van der Waals surface area (Å²) in [5.74, 6) is -1.63. The van der Waals surface area contributed by atoms with E-state index in [-0.39, 0.29) is 37.4 Å². The van der Waals surface area contributed by atoms with Gasteiger partial charge < -0.3 is 15.0 Å². The molecule has 1 N–H and O–H groups in total. The van der Waals surface area contributed by atoms with Crippen molar-refractivity contribution >= 4 is 29.4 Å². The Morgan fingerprint density at radius 1 is 1.17 bits per heavy atom. The van der Waals surface area contributed by atoms with E-state index in [1.54, 1.807) is 11.0 Å². The molecule has 152 valence electrons. The van der Waals surface area contributed by atoms with E-state index in [1.165, 1.54) is 0 Å². The topological polar surface area (TPSA) is 75.7 Å². The van der Waals surface area contributed by atoms with Crippen molar-refractivity contribution < 1.29 is 19.1 Å². The number of nitrogens with zero attached hydrogens (tertiary/aromatic N) is 1. The van der Waals surface area contributed by atoms with Crippen LogP contribution in [0.3, 0.4) is 0 Å². The van der Waals surface area contributed by atoms with Gasteiger partial charge in [0, 0.05) is 24.5 Å². The fraction of sp³-hybridized carbons (Fsp3) is 0.318. The zero-order chi connectivity index (χ0) is 20.8. The number of rotatable bonds is 7. The molecule has 3 rings (SSSR count). The Kier molecular flexibility index (Phi) is 6.88. The molecular formula is C22H23ClN2O4. The van der Waals surface area contributed by atoms with E-state index in [9.17, 15) is 14.4 Å². The third kappa shape index (κ3) is 5.57. The van der Waals surface area contributed by atoms with Gasteiger partial charge in [0.15, 0.2) is 6.61 Å². The molecule has 0 aromatic heterocycles. The molecule has 1 aliphatic rings. The molecule has 6 nitrogen and oxygen atoms in total. The molecule has 1 saturated heterocycles. The molecule has 29 heavy (non-hydrogen) atoms. The molecule has 2 aromatic carbocycles. The molecule has 0 radical (unpaired) electrons. The monoisotopic (exact) mass is 414 g/mol. The molecule has 0 unspecified atom stereocenters. The first kappa shape index (κ1) is 20.9. The quantitative estimate of drug-likeness (QED) is 0.706. The maximum absolute atomic E-state index is 12.3. The van der Waals surface area contributed by atoms with Gasteiger partial charge in [0.1, 0.15) is 0 Å². The maximum atomic E-state index is 12.3. The lowest BCUT2D eigenvalue weighted by Gasteiger charge is -2.17. The van der Waals surface area contributed by atoms with Gasteiger partial charge in [-0.1, -0.05) is 60.1 Å². The lowest BCUT2D eigenvalue weighted by atomic mass is 10.1. The normalized spacial score (nSPS) is 17.1. The Hall–Kier alpha value is -2.86. The van der Waals surface area contributed by atoms with E-state index in [4.69, 9.17) is 16.3 Å². The van der Waals surface area contributed by atoms with E-state index >= 15 is 0 Å². The number of carbonyl (C=O) groups is 3. The highest BCUT2D eigenvalue weighted by Crippen LogP contribution is 2.24. The van der Waals surface area contributed by atoms with Gasteiger partial charge in [-0.25, -0.2) is 0 Å². The lowest BCUT2D eigenvalue weighted by molar-refractivity contribution is -0.152. The molecule has 0 aliphatic carbocycles. The first-order valence-corrected chi connectivity index (χ1v) is 9.84. The Labute approximate surface area is 174 Å². The molecular weight excluding hydrogens is 392 g/mol. The van der Waals surface area contributed by atoms with Crippen molar-refractivity contribution in [2.45, 2.75) is 25.9 Å². The largest absolute Gasteiger partial charge is 0.455 e. The van der Waals surface area contributed by atoms with Crippen LogP contribution in [0.2, 0.25) is 5.02 Å². The number of nitrogens with one attached hydrogen (secondary N) is 1. The number of carbonyl (C=O) groups excluding carboxylic acids is 3. The van der Waals surface area contributed by atoms with E-state index in [2.05, 4.69) is 5.32 Å². The summed E-state index contributed by atoms with van der Waals surface area (Å²) in [6.45, 7) is 2.09. The minimum absolute atomic E-state index is 0.0747. The predicted octanol–water partition coefficient (Wildman–Crippen LogP) is 3.11. The highest BCUT2D eigenvalue weighted by molar-refractivity contribution is 6.31. The van der Waals surface area contributed by atoms with E-state index < -0.39 is 11.9 Å². The summed E-state index contributed by atoms with van der Waals surface area (Å²) in [7, 11) is 0. The van der Waals surface area contributed by atoms with Gasteiger partial charge in [0.05, 0.1) is 12.0 Å². The molecule has 7 heteroatoms. The number of hydrogen-bond acceptors (Lipinski definition) is 4. The van der Waals surface area contributed by atoms with Crippen LogP contribution < -0.4 is 5.32 Å². The van der Waals surface area contributed by atoms with Crippen molar-refractivity contribution in [3.8, 4) is 0 Å².